The van der Waals surface area contributed by atoms with E-state index in [1.54, 1.807) is 10.9 Å². The van der Waals surface area contributed by atoms with Crippen LogP contribution >= 0.6 is 0 Å². The summed E-state index contributed by atoms with van der Waals surface area (Å²) in [5.74, 6) is 0. The Morgan fingerprint density at radius 1 is 1.14 bits per heavy atom. The molecule has 2 heterocycles. The van der Waals surface area contributed by atoms with E-state index in [2.05, 4.69) is 5.10 Å². The number of piperidine rings is 1. The summed E-state index contributed by atoms with van der Waals surface area (Å²) >= 11 is 0. The van der Waals surface area contributed by atoms with Crippen molar-refractivity contribution in [3.05, 3.63) is 42.7 Å². The Morgan fingerprint density at radius 2 is 1.81 bits per heavy atom. The van der Waals surface area contributed by atoms with E-state index < -0.39 is 10.0 Å². The Balaban J connectivity index is 1.85. The van der Waals surface area contributed by atoms with Gasteiger partial charge in [-0.25, -0.2) is 13.1 Å². The molecule has 0 radical (unpaired) electrons. The van der Waals surface area contributed by atoms with Gasteiger partial charge in [-0.3, -0.25) is 0 Å². The fourth-order valence-electron chi connectivity index (χ4n) is 2.43. The zero-order chi connectivity index (χ0) is 14.9. The van der Waals surface area contributed by atoms with Crippen molar-refractivity contribution in [3.63, 3.8) is 0 Å². The molecule has 0 bridgehead atoms. The van der Waals surface area contributed by atoms with Gasteiger partial charge in [0.2, 0.25) is 10.0 Å². The van der Waals surface area contributed by atoms with Crippen molar-refractivity contribution < 1.29 is 8.42 Å². The summed E-state index contributed by atoms with van der Waals surface area (Å²) in [5.41, 5.74) is 6.65. The smallest absolute Gasteiger partial charge is 0.246 e. The number of hydrogen-bond donors (Lipinski definition) is 1. The molecular weight excluding hydrogens is 288 g/mol. The van der Waals surface area contributed by atoms with Gasteiger partial charge >= 0.3 is 0 Å². The summed E-state index contributed by atoms with van der Waals surface area (Å²) in [7, 11) is -3.48. The number of nitrogens with two attached hydrogens (primary N) is 1. The second-order valence-corrected chi connectivity index (χ2v) is 7.14. The van der Waals surface area contributed by atoms with Crippen LogP contribution in [-0.2, 0) is 10.0 Å². The largest absolute Gasteiger partial charge is 0.328 e. The summed E-state index contributed by atoms with van der Waals surface area (Å²) in [5, 5.41) is 4.15. The number of sulfonamides is 1. The van der Waals surface area contributed by atoms with Gasteiger partial charge in [0.15, 0.2) is 0 Å². The minimum absolute atomic E-state index is 0.100. The van der Waals surface area contributed by atoms with Crippen LogP contribution in [0.1, 0.15) is 12.8 Å². The van der Waals surface area contributed by atoms with Crippen molar-refractivity contribution in [1.82, 2.24) is 14.1 Å². The molecule has 21 heavy (non-hydrogen) atoms. The van der Waals surface area contributed by atoms with E-state index in [0.717, 1.165) is 5.69 Å². The van der Waals surface area contributed by atoms with Crippen molar-refractivity contribution in [2.45, 2.75) is 23.8 Å². The minimum Gasteiger partial charge on any atom is -0.328 e. The van der Waals surface area contributed by atoms with Gasteiger partial charge in [0, 0.05) is 19.1 Å². The number of aromatic nitrogens is 2. The van der Waals surface area contributed by atoms with E-state index >= 15 is 0 Å². The highest BCUT2D eigenvalue weighted by Crippen LogP contribution is 2.20. The Kier molecular flexibility index (Phi) is 3.79. The second kappa shape index (κ2) is 5.59. The third-order valence-electron chi connectivity index (χ3n) is 3.72. The molecule has 1 saturated heterocycles. The summed E-state index contributed by atoms with van der Waals surface area (Å²) in [6.45, 7) is 0.944. The van der Waals surface area contributed by atoms with Crippen LogP contribution in [0.25, 0.3) is 5.69 Å². The van der Waals surface area contributed by atoms with E-state index in [4.69, 9.17) is 5.73 Å². The highest BCUT2D eigenvalue weighted by atomic mass is 32.2. The molecule has 7 heteroatoms. The highest BCUT2D eigenvalue weighted by Gasteiger charge is 2.29. The Labute approximate surface area is 124 Å². The average Bonchev–Trinajstić information content (AvgIpc) is 2.99. The second-order valence-electron chi connectivity index (χ2n) is 5.20. The molecule has 1 aliphatic heterocycles. The standard InChI is InChI=1S/C14H18N4O2S/c15-12-6-8-17(9-7-12)21(19,20)14-10-16-18(11-14)13-4-2-1-3-5-13/h1-5,10-12H,6-9,15H2. The van der Waals surface area contributed by atoms with Gasteiger partial charge in [-0.05, 0) is 25.0 Å². The van der Waals surface area contributed by atoms with Gasteiger partial charge in [0.1, 0.15) is 4.90 Å². The van der Waals surface area contributed by atoms with Crippen LogP contribution in [0, 0.1) is 0 Å². The van der Waals surface area contributed by atoms with Gasteiger partial charge in [-0.15, -0.1) is 0 Å². The fraction of sp³-hybridized carbons (Fsp3) is 0.357. The van der Waals surface area contributed by atoms with Crippen LogP contribution in [0.15, 0.2) is 47.6 Å². The van der Waals surface area contributed by atoms with Crippen LogP contribution in [-0.4, -0.2) is 41.6 Å². The van der Waals surface area contributed by atoms with E-state index in [1.165, 1.54) is 10.5 Å². The summed E-state index contributed by atoms with van der Waals surface area (Å²) in [4.78, 5) is 0.224. The molecule has 0 amide bonds. The molecule has 0 aliphatic carbocycles. The number of hydrogen-bond acceptors (Lipinski definition) is 4. The first-order valence-corrected chi connectivity index (χ1v) is 8.37. The molecule has 6 nitrogen and oxygen atoms in total. The molecule has 1 aromatic heterocycles. The van der Waals surface area contributed by atoms with Gasteiger partial charge in [-0.2, -0.15) is 9.40 Å². The van der Waals surface area contributed by atoms with Gasteiger partial charge < -0.3 is 5.73 Å². The van der Waals surface area contributed by atoms with Crippen molar-refractivity contribution in [2.75, 3.05) is 13.1 Å². The average molecular weight is 306 g/mol. The number of rotatable bonds is 3. The Morgan fingerprint density at radius 3 is 2.48 bits per heavy atom. The number of nitrogens with zero attached hydrogens (tertiary/aromatic N) is 3. The normalized spacial score (nSPS) is 18.0. The Bertz CT molecular complexity index is 704. The van der Waals surface area contributed by atoms with E-state index in [-0.39, 0.29) is 10.9 Å². The lowest BCUT2D eigenvalue weighted by atomic mass is 10.1. The van der Waals surface area contributed by atoms with Gasteiger partial charge in [-0.1, -0.05) is 18.2 Å². The highest BCUT2D eigenvalue weighted by molar-refractivity contribution is 7.89. The fourth-order valence-corrected chi connectivity index (χ4v) is 3.83. The first-order chi connectivity index (χ1) is 10.1. The summed E-state index contributed by atoms with van der Waals surface area (Å²) in [6.07, 6.45) is 4.36. The maximum absolute atomic E-state index is 12.6. The quantitative estimate of drug-likeness (QED) is 0.916. The predicted molar refractivity (Wildman–Crippen MR) is 79.5 cm³/mol. The van der Waals surface area contributed by atoms with Gasteiger partial charge in [0.05, 0.1) is 18.1 Å². The predicted octanol–water partition coefficient (Wildman–Crippen LogP) is 0.984. The summed E-state index contributed by atoms with van der Waals surface area (Å²) < 4.78 is 28.2. The maximum atomic E-state index is 12.6. The minimum atomic E-state index is -3.48. The van der Waals surface area contributed by atoms with Crippen LogP contribution in [0.3, 0.4) is 0 Å². The van der Waals surface area contributed by atoms with E-state index in [9.17, 15) is 8.42 Å². The topological polar surface area (TPSA) is 81.2 Å². The van der Waals surface area contributed by atoms with Crippen LogP contribution in [0.2, 0.25) is 0 Å². The lowest BCUT2D eigenvalue weighted by Gasteiger charge is -2.28. The molecule has 3 rings (SSSR count). The SMILES string of the molecule is NC1CCN(S(=O)(=O)c2cnn(-c3ccccc3)c2)CC1. The number of para-hydroxylation sites is 1. The van der Waals surface area contributed by atoms with E-state index in [0.29, 0.717) is 25.9 Å². The zero-order valence-corrected chi connectivity index (χ0v) is 12.4. The molecular formula is C14H18N4O2S. The van der Waals surface area contributed by atoms with Crippen molar-refractivity contribution in [3.8, 4) is 5.69 Å². The first kappa shape index (κ1) is 14.2. The number of benzene rings is 1. The monoisotopic (exact) mass is 306 g/mol. The molecule has 0 saturated carbocycles. The molecule has 2 N–H and O–H groups in total. The molecule has 1 aromatic carbocycles. The van der Waals surface area contributed by atoms with Crippen molar-refractivity contribution in [2.24, 2.45) is 5.73 Å². The van der Waals surface area contributed by atoms with Crippen molar-refractivity contribution in [1.29, 1.82) is 0 Å². The molecule has 1 fully saturated rings. The maximum Gasteiger partial charge on any atom is 0.246 e. The lowest BCUT2D eigenvalue weighted by Crippen LogP contribution is -2.42. The molecule has 1 aliphatic rings. The third kappa shape index (κ3) is 2.85. The Hall–Kier alpha value is -1.70. The molecule has 0 atom stereocenters. The molecule has 112 valence electrons. The van der Waals surface area contributed by atoms with Crippen LogP contribution in [0.5, 0.6) is 0 Å². The van der Waals surface area contributed by atoms with Crippen molar-refractivity contribution >= 4 is 10.0 Å². The lowest BCUT2D eigenvalue weighted by molar-refractivity contribution is 0.320. The zero-order valence-electron chi connectivity index (χ0n) is 11.6. The molecule has 0 unspecified atom stereocenters. The van der Waals surface area contributed by atoms with E-state index in [1.807, 2.05) is 30.3 Å². The van der Waals surface area contributed by atoms with Crippen LogP contribution < -0.4 is 5.73 Å². The first-order valence-electron chi connectivity index (χ1n) is 6.93. The van der Waals surface area contributed by atoms with Gasteiger partial charge in [0.25, 0.3) is 0 Å². The third-order valence-corrected chi connectivity index (χ3v) is 5.57. The molecule has 0 spiro atoms. The summed E-state index contributed by atoms with van der Waals surface area (Å²) in [6, 6.07) is 9.53. The molecule has 2 aromatic rings. The van der Waals surface area contributed by atoms with Crippen LogP contribution in [0.4, 0.5) is 0 Å².